The number of furan rings is 1. The highest BCUT2D eigenvalue weighted by molar-refractivity contribution is 7.91. The molecule has 2 fully saturated rings. The summed E-state index contributed by atoms with van der Waals surface area (Å²) < 4.78 is 30.1. The van der Waals surface area contributed by atoms with Gasteiger partial charge in [0, 0.05) is 30.1 Å². The molecular formula is C18H22N2O4S. The van der Waals surface area contributed by atoms with E-state index >= 15 is 0 Å². The van der Waals surface area contributed by atoms with Crippen molar-refractivity contribution in [2.75, 3.05) is 31.6 Å². The van der Waals surface area contributed by atoms with Gasteiger partial charge in [-0.05, 0) is 32.5 Å². The molecule has 2 aromatic rings. The minimum atomic E-state index is -3.12. The fourth-order valence-electron chi connectivity index (χ4n) is 4.05. The second-order valence-electron chi connectivity index (χ2n) is 7.25. The number of hydrogen-bond acceptors (Lipinski definition) is 5. The van der Waals surface area contributed by atoms with Gasteiger partial charge < -0.3 is 9.32 Å². The molecule has 3 heterocycles. The van der Waals surface area contributed by atoms with E-state index in [2.05, 4.69) is 0 Å². The number of benzene rings is 1. The lowest BCUT2D eigenvalue weighted by Gasteiger charge is -2.41. The van der Waals surface area contributed by atoms with Crippen molar-refractivity contribution in [3.8, 4) is 0 Å². The van der Waals surface area contributed by atoms with E-state index in [-0.39, 0.29) is 29.5 Å². The van der Waals surface area contributed by atoms with E-state index in [1.54, 1.807) is 4.90 Å². The molecule has 2 aliphatic heterocycles. The van der Waals surface area contributed by atoms with Crippen molar-refractivity contribution in [2.24, 2.45) is 0 Å². The van der Waals surface area contributed by atoms with Gasteiger partial charge >= 0.3 is 0 Å². The van der Waals surface area contributed by atoms with Crippen LogP contribution < -0.4 is 0 Å². The summed E-state index contributed by atoms with van der Waals surface area (Å²) in [7, 11) is -1.19. The quantitative estimate of drug-likeness (QED) is 0.771. The second-order valence-corrected chi connectivity index (χ2v) is 9.40. The predicted octanol–water partition coefficient (Wildman–Crippen LogP) is 1.60. The van der Waals surface area contributed by atoms with E-state index in [0.717, 1.165) is 16.5 Å². The van der Waals surface area contributed by atoms with E-state index in [9.17, 15) is 13.2 Å². The summed E-state index contributed by atoms with van der Waals surface area (Å²) in [5.41, 5.74) is 2.59. The maximum Gasteiger partial charge on any atom is 0.290 e. The second kappa shape index (κ2) is 5.57. The molecule has 0 aliphatic carbocycles. The standard InChI is InChI=1S/C18H22N2O4S/c1-11-4-5-13-12(2)17(24-16(13)8-11)18(21)20-7-6-19(3)14-9-25(22,23)10-15(14)20/h4-5,8,14-15H,6-7,9-10H2,1-3H3/t14-,15+/m0/s1. The number of aryl methyl sites for hydroxylation is 2. The van der Waals surface area contributed by atoms with E-state index in [0.29, 0.717) is 24.4 Å². The number of hydrogen-bond donors (Lipinski definition) is 0. The summed E-state index contributed by atoms with van der Waals surface area (Å²) in [5.74, 6) is 0.280. The van der Waals surface area contributed by atoms with Gasteiger partial charge in [0.25, 0.3) is 5.91 Å². The Labute approximate surface area is 147 Å². The lowest BCUT2D eigenvalue weighted by Crippen LogP contribution is -2.59. The molecule has 1 aromatic heterocycles. The minimum Gasteiger partial charge on any atom is -0.451 e. The Morgan fingerprint density at radius 2 is 1.88 bits per heavy atom. The van der Waals surface area contributed by atoms with Crippen LogP contribution in [0.1, 0.15) is 21.7 Å². The summed E-state index contributed by atoms with van der Waals surface area (Å²) in [6.07, 6.45) is 0. The number of carbonyl (C=O) groups excluding carboxylic acids is 1. The average molecular weight is 362 g/mol. The largest absolute Gasteiger partial charge is 0.451 e. The molecule has 1 amide bonds. The Morgan fingerprint density at radius 3 is 2.64 bits per heavy atom. The number of piperazine rings is 1. The van der Waals surface area contributed by atoms with Gasteiger partial charge in [-0.15, -0.1) is 0 Å². The Balaban J connectivity index is 1.72. The summed E-state index contributed by atoms with van der Waals surface area (Å²) in [6.45, 7) is 5.04. The van der Waals surface area contributed by atoms with E-state index in [1.807, 2.05) is 44.0 Å². The first kappa shape index (κ1) is 16.6. The Hall–Kier alpha value is -1.86. The Morgan fingerprint density at radius 1 is 1.16 bits per heavy atom. The molecule has 2 aliphatic rings. The molecule has 2 saturated heterocycles. The average Bonchev–Trinajstić information content (AvgIpc) is 3.04. The summed E-state index contributed by atoms with van der Waals surface area (Å²) in [5, 5.41) is 0.929. The normalized spacial score (nSPS) is 26.1. The van der Waals surface area contributed by atoms with E-state index < -0.39 is 9.84 Å². The third-order valence-electron chi connectivity index (χ3n) is 5.50. The first-order valence-electron chi connectivity index (χ1n) is 8.48. The summed E-state index contributed by atoms with van der Waals surface area (Å²) >= 11 is 0. The van der Waals surface area contributed by atoms with Crippen molar-refractivity contribution < 1.29 is 17.6 Å². The van der Waals surface area contributed by atoms with Crippen LogP contribution in [0.15, 0.2) is 22.6 Å². The van der Waals surface area contributed by atoms with Gasteiger partial charge in [-0.1, -0.05) is 12.1 Å². The summed E-state index contributed by atoms with van der Waals surface area (Å²) in [6, 6.07) is 5.45. The number of rotatable bonds is 1. The third-order valence-corrected chi connectivity index (χ3v) is 7.20. The zero-order valence-corrected chi connectivity index (χ0v) is 15.5. The van der Waals surface area contributed by atoms with Crippen molar-refractivity contribution in [2.45, 2.75) is 25.9 Å². The van der Waals surface area contributed by atoms with Crippen LogP contribution in [0.3, 0.4) is 0 Å². The maximum absolute atomic E-state index is 13.2. The molecule has 4 rings (SSSR count). The molecule has 6 nitrogen and oxygen atoms in total. The first-order chi connectivity index (χ1) is 11.8. The SMILES string of the molecule is Cc1ccc2c(C)c(C(=O)N3CCN(C)[C@H]4CS(=O)(=O)C[C@H]43)oc2c1. The van der Waals surface area contributed by atoms with Crippen molar-refractivity contribution >= 4 is 26.7 Å². The Kier molecular flexibility index (Phi) is 3.70. The van der Waals surface area contributed by atoms with Crippen molar-refractivity contribution in [3.05, 3.63) is 35.1 Å². The fraction of sp³-hybridized carbons (Fsp3) is 0.500. The van der Waals surface area contributed by atoms with Crippen LogP contribution in [-0.4, -0.2) is 67.9 Å². The van der Waals surface area contributed by atoms with Crippen molar-refractivity contribution in [1.29, 1.82) is 0 Å². The van der Waals surface area contributed by atoms with Crippen LogP contribution in [0.25, 0.3) is 11.0 Å². The number of carbonyl (C=O) groups is 1. The van der Waals surface area contributed by atoms with Crippen LogP contribution in [0.4, 0.5) is 0 Å². The number of fused-ring (bicyclic) bond motifs is 2. The van der Waals surface area contributed by atoms with Gasteiger partial charge in [0.2, 0.25) is 0 Å². The van der Waals surface area contributed by atoms with E-state index in [1.165, 1.54) is 0 Å². The van der Waals surface area contributed by atoms with E-state index in [4.69, 9.17) is 4.42 Å². The van der Waals surface area contributed by atoms with Crippen LogP contribution in [0.5, 0.6) is 0 Å². The summed E-state index contributed by atoms with van der Waals surface area (Å²) in [4.78, 5) is 16.9. The van der Waals surface area contributed by atoms with Gasteiger partial charge in [0.1, 0.15) is 5.58 Å². The first-order valence-corrected chi connectivity index (χ1v) is 10.3. The lowest BCUT2D eigenvalue weighted by atomic mass is 10.0. The molecule has 0 bridgehead atoms. The molecule has 1 aromatic carbocycles. The molecule has 134 valence electrons. The van der Waals surface area contributed by atoms with Crippen LogP contribution in [-0.2, 0) is 9.84 Å². The number of likely N-dealkylation sites (N-methyl/N-ethyl adjacent to an activating group) is 1. The molecule has 0 unspecified atom stereocenters. The number of sulfone groups is 1. The van der Waals surface area contributed by atoms with Gasteiger partial charge in [0.05, 0.1) is 17.5 Å². The highest BCUT2D eigenvalue weighted by Gasteiger charge is 2.47. The highest BCUT2D eigenvalue weighted by atomic mass is 32.2. The molecule has 0 radical (unpaired) electrons. The lowest BCUT2D eigenvalue weighted by molar-refractivity contribution is 0.0383. The van der Waals surface area contributed by atoms with Crippen molar-refractivity contribution in [1.82, 2.24) is 9.80 Å². The zero-order valence-electron chi connectivity index (χ0n) is 14.7. The molecular weight excluding hydrogens is 340 g/mol. The molecule has 0 N–H and O–H groups in total. The number of nitrogens with zero attached hydrogens (tertiary/aromatic N) is 2. The third kappa shape index (κ3) is 2.66. The topological polar surface area (TPSA) is 70.8 Å². The fourth-order valence-corrected chi connectivity index (χ4v) is 6.10. The molecule has 0 spiro atoms. The van der Waals surface area contributed by atoms with Gasteiger partial charge in [-0.2, -0.15) is 0 Å². The van der Waals surface area contributed by atoms with Crippen LogP contribution in [0.2, 0.25) is 0 Å². The van der Waals surface area contributed by atoms with Gasteiger partial charge in [0.15, 0.2) is 15.6 Å². The monoisotopic (exact) mass is 362 g/mol. The minimum absolute atomic E-state index is 0.0339. The highest BCUT2D eigenvalue weighted by Crippen LogP contribution is 2.31. The van der Waals surface area contributed by atoms with Gasteiger partial charge in [-0.3, -0.25) is 9.69 Å². The van der Waals surface area contributed by atoms with Gasteiger partial charge in [-0.25, -0.2) is 8.42 Å². The molecule has 0 saturated carbocycles. The van der Waals surface area contributed by atoms with Crippen LogP contribution >= 0.6 is 0 Å². The maximum atomic E-state index is 13.2. The van der Waals surface area contributed by atoms with Crippen molar-refractivity contribution in [3.63, 3.8) is 0 Å². The molecule has 2 atom stereocenters. The Bertz CT molecular complexity index is 963. The zero-order chi connectivity index (χ0) is 17.9. The van der Waals surface area contributed by atoms with Crippen LogP contribution in [0, 0.1) is 13.8 Å². The predicted molar refractivity (Wildman–Crippen MR) is 95.6 cm³/mol. The molecule has 7 heteroatoms. The smallest absolute Gasteiger partial charge is 0.290 e. The molecule has 25 heavy (non-hydrogen) atoms. The number of amides is 1.